The Bertz CT molecular complexity index is 470. The number of hydrogen-bond donors (Lipinski definition) is 1. The zero-order valence-electron chi connectivity index (χ0n) is 12.9. The predicted molar refractivity (Wildman–Crippen MR) is 87.1 cm³/mol. The van der Waals surface area contributed by atoms with Gasteiger partial charge in [0, 0.05) is 25.2 Å². The van der Waals surface area contributed by atoms with Gasteiger partial charge in [0.05, 0.1) is 17.2 Å². The zero-order valence-corrected chi connectivity index (χ0v) is 14.5. The van der Waals surface area contributed by atoms with Gasteiger partial charge in [-0.3, -0.25) is 4.90 Å². The van der Waals surface area contributed by atoms with Gasteiger partial charge in [0.15, 0.2) is 0 Å². The zero-order chi connectivity index (χ0) is 15.4. The van der Waals surface area contributed by atoms with Crippen molar-refractivity contribution in [2.24, 2.45) is 0 Å². The highest BCUT2D eigenvalue weighted by molar-refractivity contribution is 9.10. The first-order valence-electron chi connectivity index (χ1n) is 7.48. The lowest BCUT2D eigenvalue weighted by atomic mass is 9.99. The topological polar surface area (TPSA) is 24.5 Å². The van der Waals surface area contributed by atoms with Crippen LogP contribution < -0.4 is 5.32 Å². The van der Waals surface area contributed by atoms with Gasteiger partial charge in [0.25, 0.3) is 0 Å². The Hall–Kier alpha value is -0.490. The Morgan fingerprint density at radius 3 is 2.90 bits per heavy atom. The van der Waals surface area contributed by atoms with Crippen LogP contribution in [0.3, 0.4) is 0 Å². The van der Waals surface area contributed by atoms with Crippen molar-refractivity contribution in [2.75, 3.05) is 26.7 Å². The van der Waals surface area contributed by atoms with Crippen LogP contribution in [0.15, 0.2) is 22.7 Å². The van der Waals surface area contributed by atoms with E-state index in [0.29, 0.717) is 10.5 Å². The Morgan fingerprint density at radius 2 is 2.24 bits per heavy atom. The Balaban J connectivity index is 2.07. The number of hydrogen-bond acceptors (Lipinski definition) is 3. The maximum atomic E-state index is 13.6. The summed E-state index contributed by atoms with van der Waals surface area (Å²) in [5.74, 6) is -0.212. The van der Waals surface area contributed by atoms with E-state index in [1.807, 2.05) is 13.1 Å². The van der Waals surface area contributed by atoms with Gasteiger partial charge in [-0.25, -0.2) is 4.39 Å². The molecule has 1 heterocycles. The van der Waals surface area contributed by atoms with E-state index in [0.717, 1.165) is 31.7 Å². The molecule has 3 nitrogen and oxygen atoms in total. The SMILES string of the molecule is CNC(Cc1cccc(F)c1Br)C1CN(C(C)C)CCO1. The molecule has 0 aliphatic carbocycles. The Labute approximate surface area is 135 Å². The molecular formula is C16H24BrFN2O. The van der Waals surface area contributed by atoms with Crippen molar-refractivity contribution in [3.8, 4) is 0 Å². The Kier molecular flexibility index (Phi) is 6.17. The maximum absolute atomic E-state index is 13.6. The molecular weight excluding hydrogens is 335 g/mol. The summed E-state index contributed by atoms with van der Waals surface area (Å²) in [4.78, 5) is 2.43. The lowest BCUT2D eigenvalue weighted by molar-refractivity contribution is -0.0542. The van der Waals surface area contributed by atoms with Gasteiger partial charge < -0.3 is 10.1 Å². The van der Waals surface area contributed by atoms with Crippen LogP contribution in [0.5, 0.6) is 0 Å². The molecule has 1 aliphatic heterocycles. The van der Waals surface area contributed by atoms with Crippen LogP contribution >= 0.6 is 15.9 Å². The first kappa shape index (κ1) is 16.9. The molecule has 0 saturated carbocycles. The number of nitrogens with one attached hydrogen (secondary N) is 1. The van der Waals surface area contributed by atoms with E-state index < -0.39 is 0 Å². The summed E-state index contributed by atoms with van der Waals surface area (Å²) in [6.07, 6.45) is 0.868. The molecule has 1 N–H and O–H groups in total. The molecule has 1 saturated heterocycles. The van der Waals surface area contributed by atoms with Crippen molar-refractivity contribution in [2.45, 2.75) is 38.5 Å². The molecule has 1 fully saturated rings. The predicted octanol–water partition coefficient (Wildman–Crippen LogP) is 2.83. The minimum absolute atomic E-state index is 0.126. The first-order chi connectivity index (χ1) is 10.0. The number of benzene rings is 1. The van der Waals surface area contributed by atoms with Crippen LogP contribution in [0.4, 0.5) is 4.39 Å². The molecule has 0 radical (unpaired) electrons. The monoisotopic (exact) mass is 358 g/mol. The number of rotatable bonds is 5. The summed E-state index contributed by atoms with van der Waals surface area (Å²) in [7, 11) is 1.94. The van der Waals surface area contributed by atoms with Crippen molar-refractivity contribution in [3.63, 3.8) is 0 Å². The molecule has 1 aromatic carbocycles. The minimum atomic E-state index is -0.212. The van der Waals surface area contributed by atoms with Gasteiger partial charge in [-0.2, -0.15) is 0 Å². The second kappa shape index (κ2) is 7.68. The van der Waals surface area contributed by atoms with Crippen molar-refractivity contribution >= 4 is 15.9 Å². The van der Waals surface area contributed by atoms with Crippen LogP contribution in [-0.2, 0) is 11.2 Å². The summed E-state index contributed by atoms with van der Waals surface area (Å²) in [5.41, 5.74) is 0.972. The summed E-state index contributed by atoms with van der Waals surface area (Å²) in [5, 5.41) is 3.33. The molecule has 0 amide bonds. The summed E-state index contributed by atoms with van der Waals surface area (Å²) >= 11 is 3.34. The lowest BCUT2D eigenvalue weighted by Gasteiger charge is -2.39. The molecule has 5 heteroatoms. The largest absolute Gasteiger partial charge is 0.374 e. The standard InChI is InChI=1S/C16H24BrFN2O/c1-11(2)20-7-8-21-15(10-20)14(19-3)9-12-5-4-6-13(18)16(12)17/h4-6,11,14-15,19H,7-10H2,1-3H3. The number of halogens is 2. The van der Waals surface area contributed by atoms with E-state index in [1.165, 1.54) is 6.07 Å². The van der Waals surface area contributed by atoms with E-state index in [1.54, 1.807) is 6.07 Å². The first-order valence-corrected chi connectivity index (χ1v) is 8.28. The van der Waals surface area contributed by atoms with Gasteiger partial charge >= 0.3 is 0 Å². The fourth-order valence-corrected chi connectivity index (χ4v) is 3.20. The van der Waals surface area contributed by atoms with E-state index in [9.17, 15) is 4.39 Å². The van der Waals surface area contributed by atoms with Gasteiger partial charge in [-0.1, -0.05) is 12.1 Å². The highest BCUT2D eigenvalue weighted by Crippen LogP contribution is 2.23. The van der Waals surface area contributed by atoms with E-state index in [2.05, 4.69) is 40.0 Å². The van der Waals surface area contributed by atoms with E-state index in [-0.39, 0.29) is 18.0 Å². The third-order valence-corrected chi connectivity index (χ3v) is 5.03. The van der Waals surface area contributed by atoms with Crippen LogP contribution in [0.1, 0.15) is 19.4 Å². The average Bonchev–Trinajstić information content (AvgIpc) is 2.49. The minimum Gasteiger partial charge on any atom is -0.374 e. The number of morpholine rings is 1. The molecule has 2 unspecified atom stereocenters. The molecule has 1 aromatic rings. The quantitative estimate of drug-likeness (QED) is 0.875. The van der Waals surface area contributed by atoms with E-state index in [4.69, 9.17) is 4.74 Å². The molecule has 118 valence electrons. The number of likely N-dealkylation sites (N-methyl/N-ethyl adjacent to an activating group) is 1. The molecule has 1 aliphatic rings. The molecule has 0 bridgehead atoms. The fourth-order valence-electron chi connectivity index (χ4n) is 2.77. The van der Waals surface area contributed by atoms with Crippen LogP contribution in [0.2, 0.25) is 0 Å². The maximum Gasteiger partial charge on any atom is 0.137 e. The van der Waals surface area contributed by atoms with Gasteiger partial charge in [-0.15, -0.1) is 0 Å². The normalized spacial score (nSPS) is 21.7. The second-order valence-corrected chi connectivity index (χ2v) is 6.60. The highest BCUT2D eigenvalue weighted by Gasteiger charge is 2.29. The van der Waals surface area contributed by atoms with Gasteiger partial charge in [-0.05, 0) is 54.9 Å². The highest BCUT2D eigenvalue weighted by atomic mass is 79.9. The van der Waals surface area contributed by atoms with Crippen LogP contribution in [0.25, 0.3) is 0 Å². The third kappa shape index (κ3) is 4.25. The smallest absolute Gasteiger partial charge is 0.137 e. The molecule has 0 spiro atoms. The average molecular weight is 359 g/mol. The summed E-state index contributed by atoms with van der Waals surface area (Å²) < 4.78 is 20.1. The fraction of sp³-hybridized carbons (Fsp3) is 0.625. The van der Waals surface area contributed by atoms with Crippen molar-refractivity contribution in [1.29, 1.82) is 0 Å². The number of nitrogens with zero attached hydrogens (tertiary/aromatic N) is 1. The van der Waals surface area contributed by atoms with Gasteiger partial charge in [0.2, 0.25) is 0 Å². The van der Waals surface area contributed by atoms with Crippen LogP contribution in [0, 0.1) is 5.82 Å². The number of ether oxygens (including phenoxy) is 1. The lowest BCUT2D eigenvalue weighted by Crippen LogP contribution is -2.53. The summed E-state index contributed by atoms with van der Waals surface area (Å²) in [6, 6.07) is 5.88. The molecule has 2 rings (SSSR count). The van der Waals surface area contributed by atoms with Gasteiger partial charge in [0.1, 0.15) is 5.82 Å². The van der Waals surface area contributed by atoms with Crippen molar-refractivity contribution in [1.82, 2.24) is 10.2 Å². The molecule has 21 heavy (non-hydrogen) atoms. The van der Waals surface area contributed by atoms with Crippen LogP contribution in [-0.4, -0.2) is 49.8 Å². The molecule has 0 aromatic heterocycles. The Morgan fingerprint density at radius 1 is 1.48 bits per heavy atom. The van der Waals surface area contributed by atoms with E-state index >= 15 is 0 Å². The van der Waals surface area contributed by atoms with Crippen molar-refractivity contribution in [3.05, 3.63) is 34.1 Å². The molecule has 2 atom stereocenters. The van der Waals surface area contributed by atoms with Crippen molar-refractivity contribution < 1.29 is 9.13 Å². The summed E-state index contributed by atoms with van der Waals surface area (Å²) in [6.45, 7) is 7.07. The third-order valence-electron chi connectivity index (χ3n) is 4.15. The second-order valence-electron chi connectivity index (χ2n) is 5.81.